The first-order valence-electron chi connectivity index (χ1n) is 7.14. The monoisotopic (exact) mass is 307 g/mol. The number of imide groups is 1. The van der Waals surface area contributed by atoms with Crippen molar-refractivity contribution in [3.63, 3.8) is 0 Å². The lowest BCUT2D eigenvalue weighted by Gasteiger charge is -2.15. The van der Waals surface area contributed by atoms with Gasteiger partial charge in [0.25, 0.3) is 17.7 Å². The van der Waals surface area contributed by atoms with Crippen molar-refractivity contribution in [1.29, 1.82) is 5.41 Å². The summed E-state index contributed by atoms with van der Waals surface area (Å²) in [4.78, 5) is 51.5. The van der Waals surface area contributed by atoms with Gasteiger partial charge in [0, 0.05) is 38.0 Å². The molecule has 1 saturated heterocycles. The molecular weight excluding hydrogens is 290 g/mol. The normalized spacial score (nSPS) is 17.8. The molecule has 0 spiro atoms. The second kappa shape index (κ2) is 6.97. The highest BCUT2D eigenvalue weighted by Gasteiger charge is 2.29. The molecule has 0 saturated carbocycles. The van der Waals surface area contributed by atoms with Crippen molar-refractivity contribution in [2.24, 2.45) is 0 Å². The van der Waals surface area contributed by atoms with Crippen LogP contribution in [0.3, 0.4) is 0 Å². The molecule has 1 N–H and O–H groups in total. The second-order valence-corrected chi connectivity index (χ2v) is 5.07. The Morgan fingerprint density at radius 1 is 1.09 bits per heavy atom. The van der Waals surface area contributed by atoms with E-state index in [1.54, 1.807) is 0 Å². The van der Waals surface area contributed by atoms with Gasteiger partial charge in [-0.25, -0.2) is 4.79 Å². The topological polar surface area (TPSA) is 108 Å². The van der Waals surface area contributed by atoms with Crippen LogP contribution in [-0.4, -0.2) is 46.0 Å². The maximum Gasteiger partial charge on any atom is 0.333 e. The highest BCUT2D eigenvalue weighted by atomic mass is 16.7. The third kappa shape index (κ3) is 3.78. The summed E-state index contributed by atoms with van der Waals surface area (Å²) in [6.45, 7) is 0.328. The molecule has 0 unspecified atom stereocenters. The van der Waals surface area contributed by atoms with E-state index in [9.17, 15) is 19.2 Å². The molecule has 0 aromatic rings. The fraction of sp³-hybridized carbons (Fsp3) is 0.500. The van der Waals surface area contributed by atoms with Crippen LogP contribution in [0, 0.1) is 5.41 Å². The van der Waals surface area contributed by atoms with Gasteiger partial charge in [-0.1, -0.05) is 6.42 Å². The van der Waals surface area contributed by atoms with Gasteiger partial charge in [0.1, 0.15) is 5.84 Å². The van der Waals surface area contributed by atoms with Crippen molar-refractivity contribution in [2.45, 2.75) is 38.5 Å². The highest BCUT2D eigenvalue weighted by Crippen LogP contribution is 2.14. The number of hydroxylamine groups is 2. The summed E-state index contributed by atoms with van der Waals surface area (Å²) in [6, 6.07) is 0. The summed E-state index contributed by atoms with van der Waals surface area (Å²) in [5, 5.41) is 8.20. The van der Waals surface area contributed by atoms with E-state index in [2.05, 4.69) is 0 Å². The van der Waals surface area contributed by atoms with Crippen LogP contribution >= 0.6 is 0 Å². The Morgan fingerprint density at radius 3 is 2.36 bits per heavy atom. The number of carbonyl (C=O) groups is 4. The first-order valence-corrected chi connectivity index (χ1v) is 7.14. The fourth-order valence-corrected chi connectivity index (χ4v) is 2.20. The Morgan fingerprint density at radius 2 is 1.77 bits per heavy atom. The van der Waals surface area contributed by atoms with Gasteiger partial charge >= 0.3 is 5.97 Å². The minimum Gasteiger partial charge on any atom is -0.332 e. The van der Waals surface area contributed by atoms with E-state index in [0.29, 0.717) is 25.8 Å². The molecule has 0 atom stereocenters. The Kier molecular flexibility index (Phi) is 5.03. The SMILES string of the molecule is N=C1CCC(=O)N1OC(=O)CCCCCN1C(=O)C=CC1=O. The summed E-state index contributed by atoms with van der Waals surface area (Å²) < 4.78 is 0. The van der Waals surface area contributed by atoms with Gasteiger partial charge in [-0.15, -0.1) is 5.06 Å². The highest BCUT2D eigenvalue weighted by molar-refractivity contribution is 6.12. The molecule has 2 rings (SSSR count). The standard InChI is InChI=1S/C14H17N3O5/c15-10-5-6-13(20)17(10)22-14(21)4-2-1-3-9-16-11(18)7-8-12(16)19/h7-8,15H,1-6,9H2. The van der Waals surface area contributed by atoms with Gasteiger partial charge in [-0.3, -0.25) is 24.7 Å². The van der Waals surface area contributed by atoms with Crippen molar-refractivity contribution in [1.82, 2.24) is 9.96 Å². The number of carbonyl (C=O) groups excluding carboxylic acids is 4. The summed E-state index contributed by atoms with van der Waals surface area (Å²) >= 11 is 0. The molecule has 1 fully saturated rings. The maximum absolute atomic E-state index is 11.6. The molecule has 8 heteroatoms. The minimum absolute atomic E-state index is 0.00286. The molecule has 8 nitrogen and oxygen atoms in total. The van der Waals surface area contributed by atoms with Crippen molar-refractivity contribution in [3.8, 4) is 0 Å². The lowest BCUT2D eigenvalue weighted by Crippen LogP contribution is -2.31. The molecule has 118 valence electrons. The predicted molar refractivity (Wildman–Crippen MR) is 74.2 cm³/mol. The van der Waals surface area contributed by atoms with E-state index in [0.717, 1.165) is 9.96 Å². The van der Waals surface area contributed by atoms with Crippen molar-refractivity contribution in [2.75, 3.05) is 6.54 Å². The first-order chi connectivity index (χ1) is 10.5. The number of unbranched alkanes of at least 4 members (excludes halogenated alkanes) is 2. The van der Waals surface area contributed by atoms with Crippen LogP contribution in [0.1, 0.15) is 38.5 Å². The van der Waals surface area contributed by atoms with Crippen molar-refractivity contribution < 1.29 is 24.0 Å². The minimum atomic E-state index is -0.560. The summed E-state index contributed by atoms with van der Waals surface area (Å²) in [6.07, 6.45) is 4.86. The van der Waals surface area contributed by atoms with Gasteiger partial charge < -0.3 is 4.84 Å². The zero-order valence-corrected chi connectivity index (χ0v) is 12.0. The van der Waals surface area contributed by atoms with Crippen LogP contribution in [0.2, 0.25) is 0 Å². The van der Waals surface area contributed by atoms with E-state index in [1.807, 2.05) is 0 Å². The van der Waals surface area contributed by atoms with E-state index < -0.39 is 5.97 Å². The Balaban J connectivity index is 1.60. The number of nitrogens with one attached hydrogen (secondary N) is 1. The van der Waals surface area contributed by atoms with Crippen LogP contribution < -0.4 is 0 Å². The van der Waals surface area contributed by atoms with E-state index in [4.69, 9.17) is 10.2 Å². The third-order valence-corrected chi connectivity index (χ3v) is 3.40. The smallest absolute Gasteiger partial charge is 0.332 e. The number of hydrogen-bond acceptors (Lipinski definition) is 6. The Bertz CT molecular complexity index is 521. The molecule has 0 bridgehead atoms. The average Bonchev–Trinajstić information content (AvgIpc) is 2.96. The van der Waals surface area contributed by atoms with E-state index in [1.165, 1.54) is 12.2 Å². The van der Waals surface area contributed by atoms with Gasteiger partial charge in [0.2, 0.25) is 0 Å². The van der Waals surface area contributed by atoms with Crippen LogP contribution in [0.5, 0.6) is 0 Å². The lowest BCUT2D eigenvalue weighted by molar-refractivity contribution is -0.180. The van der Waals surface area contributed by atoms with Crippen LogP contribution in [0.4, 0.5) is 0 Å². The summed E-state index contributed by atoms with van der Waals surface area (Å²) in [5.74, 6) is -1.56. The van der Waals surface area contributed by atoms with Crippen molar-refractivity contribution in [3.05, 3.63) is 12.2 Å². The Hall–Kier alpha value is -2.51. The van der Waals surface area contributed by atoms with Gasteiger partial charge in [0.15, 0.2) is 0 Å². The van der Waals surface area contributed by atoms with E-state index >= 15 is 0 Å². The quantitative estimate of drug-likeness (QED) is 0.545. The molecule has 0 aromatic heterocycles. The molecule has 2 heterocycles. The van der Waals surface area contributed by atoms with Crippen molar-refractivity contribution >= 4 is 29.5 Å². The Labute approximate surface area is 127 Å². The van der Waals surface area contributed by atoms with Gasteiger partial charge in [0.05, 0.1) is 0 Å². The molecular formula is C14H17N3O5. The maximum atomic E-state index is 11.6. The van der Waals surface area contributed by atoms with Crippen LogP contribution in [0.25, 0.3) is 0 Å². The molecule has 3 amide bonds. The average molecular weight is 307 g/mol. The fourth-order valence-electron chi connectivity index (χ4n) is 2.20. The van der Waals surface area contributed by atoms with Gasteiger partial charge in [-0.2, -0.15) is 0 Å². The molecule has 0 aromatic carbocycles. The lowest BCUT2D eigenvalue weighted by atomic mass is 10.2. The largest absolute Gasteiger partial charge is 0.333 e. The van der Waals surface area contributed by atoms with Gasteiger partial charge in [-0.05, 0) is 12.8 Å². The zero-order chi connectivity index (χ0) is 16.1. The molecule has 0 aliphatic carbocycles. The first kappa shape index (κ1) is 15.9. The predicted octanol–water partition coefficient (Wildman–Crippen LogP) is 0.530. The van der Waals surface area contributed by atoms with Crippen LogP contribution in [-0.2, 0) is 24.0 Å². The molecule has 2 aliphatic rings. The number of hydrogen-bond donors (Lipinski definition) is 1. The van der Waals surface area contributed by atoms with E-state index in [-0.39, 0.29) is 42.8 Å². The number of rotatable bonds is 7. The molecule has 22 heavy (non-hydrogen) atoms. The number of nitrogens with zero attached hydrogens (tertiary/aromatic N) is 2. The number of amidine groups is 1. The van der Waals surface area contributed by atoms with Crippen LogP contribution in [0.15, 0.2) is 12.2 Å². The summed E-state index contributed by atoms with van der Waals surface area (Å²) in [7, 11) is 0. The summed E-state index contributed by atoms with van der Waals surface area (Å²) in [5.41, 5.74) is 0. The second-order valence-electron chi connectivity index (χ2n) is 5.07. The number of amides is 3. The molecule has 0 radical (unpaired) electrons. The third-order valence-electron chi connectivity index (χ3n) is 3.40. The molecule has 2 aliphatic heterocycles. The zero-order valence-electron chi connectivity index (χ0n) is 12.0.